The lowest BCUT2D eigenvalue weighted by molar-refractivity contribution is 0.0696. The maximum absolute atomic E-state index is 12.8. The van der Waals surface area contributed by atoms with Gasteiger partial charge in [-0.1, -0.05) is 31.0 Å². The molecule has 0 aliphatic carbocycles. The lowest BCUT2D eigenvalue weighted by Gasteiger charge is -2.34. The van der Waals surface area contributed by atoms with Gasteiger partial charge in [-0.2, -0.15) is 4.31 Å². The number of nitrogens with zero attached hydrogens (tertiary/aromatic N) is 2. The van der Waals surface area contributed by atoms with Crippen molar-refractivity contribution in [3.63, 3.8) is 0 Å². The molecular formula is C18H28N2O3S. The number of amides is 1. The number of carbonyl (C=O) groups is 1. The van der Waals surface area contributed by atoms with E-state index in [0.29, 0.717) is 32.6 Å². The Labute approximate surface area is 145 Å². The predicted molar refractivity (Wildman–Crippen MR) is 96.8 cm³/mol. The molecule has 5 nitrogen and oxygen atoms in total. The summed E-state index contributed by atoms with van der Waals surface area (Å²) >= 11 is 0. The Morgan fingerprint density at radius 1 is 1.04 bits per heavy atom. The van der Waals surface area contributed by atoms with Crippen LogP contribution in [0.3, 0.4) is 0 Å². The molecule has 2 rings (SSSR count). The van der Waals surface area contributed by atoms with Gasteiger partial charge in [-0.3, -0.25) is 4.79 Å². The van der Waals surface area contributed by atoms with Crippen LogP contribution < -0.4 is 0 Å². The first-order valence-electron chi connectivity index (χ1n) is 8.61. The normalized spacial score (nSPS) is 16.4. The number of aryl methyl sites for hydroxylation is 3. The average Bonchev–Trinajstić information content (AvgIpc) is 2.52. The molecule has 1 saturated heterocycles. The highest BCUT2D eigenvalue weighted by Gasteiger charge is 2.29. The van der Waals surface area contributed by atoms with Crippen molar-refractivity contribution in [2.75, 3.05) is 31.9 Å². The fourth-order valence-electron chi connectivity index (χ4n) is 3.30. The number of rotatable bonds is 5. The van der Waals surface area contributed by atoms with E-state index in [0.717, 1.165) is 28.7 Å². The van der Waals surface area contributed by atoms with Crippen LogP contribution in [0.5, 0.6) is 0 Å². The molecule has 1 aliphatic heterocycles. The van der Waals surface area contributed by atoms with Crippen LogP contribution in [0, 0.1) is 20.8 Å². The van der Waals surface area contributed by atoms with E-state index in [1.165, 1.54) is 4.31 Å². The second-order valence-electron chi connectivity index (χ2n) is 6.63. The zero-order valence-corrected chi connectivity index (χ0v) is 15.9. The molecule has 0 spiro atoms. The number of hydrogen-bond donors (Lipinski definition) is 0. The van der Waals surface area contributed by atoms with Crippen molar-refractivity contribution in [2.45, 2.75) is 40.5 Å². The minimum Gasteiger partial charge on any atom is -0.336 e. The smallest absolute Gasteiger partial charge is 0.254 e. The summed E-state index contributed by atoms with van der Waals surface area (Å²) in [6.45, 7) is 9.61. The van der Waals surface area contributed by atoms with Crippen LogP contribution in [0.1, 0.15) is 46.8 Å². The molecule has 0 radical (unpaired) electrons. The van der Waals surface area contributed by atoms with Gasteiger partial charge in [0.05, 0.1) is 5.75 Å². The summed E-state index contributed by atoms with van der Waals surface area (Å²) in [7, 11) is -3.19. The molecule has 134 valence electrons. The van der Waals surface area contributed by atoms with E-state index in [2.05, 4.69) is 0 Å². The third-order valence-electron chi connectivity index (χ3n) is 4.57. The van der Waals surface area contributed by atoms with Crippen molar-refractivity contribution in [2.24, 2.45) is 0 Å². The molecule has 1 aromatic rings. The van der Waals surface area contributed by atoms with Gasteiger partial charge in [-0.15, -0.1) is 0 Å². The van der Waals surface area contributed by atoms with E-state index >= 15 is 0 Å². The van der Waals surface area contributed by atoms with Crippen molar-refractivity contribution in [3.05, 3.63) is 34.4 Å². The summed E-state index contributed by atoms with van der Waals surface area (Å²) in [6.07, 6.45) is 1.55. The van der Waals surface area contributed by atoms with Crippen molar-refractivity contribution in [1.82, 2.24) is 9.21 Å². The zero-order valence-electron chi connectivity index (χ0n) is 15.1. The molecule has 0 bridgehead atoms. The first-order chi connectivity index (χ1) is 11.3. The summed E-state index contributed by atoms with van der Waals surface area (Å²) in [6, 6.07) is 4.04. The van der Waals surface area contributed by atoms with E-state index in [1.54, 1.807) is 4.90 Å². The van der Waals surface area contributed by atoms with Crippen molar-refractivity contribution >= 4 is 15.9 Å². The SMILES string of the molecule is CCCCS(=O)(=O)N1CCN(C(=O)c2c(C)cc(C)cc2C)CC1. The van der Waals surface area contributed by atoms with E-state index < -0.39 is 10.0 Å². The first-order valence-corrected chi connectivity index (χ1v) is 10.2. The molecule has 1 aliphatic rings. The van der Waals surface area contributed by atoms with Gasteiger partial charge in [-0.25, -0.2) is 8.42 Å². The number of carbonyl (C=O) groups excluding carboxylic acids is 1. The molecule has 1 aromatic carbocycles. The van der Waals surface area contributed by atoms with Gasteiger partial charge in [-0.05, 0) is 38.3 Å². The quantitative estimate of drug-likeness (QED) is 0.818. The highest BCUT2D eigenvalue weighted by molar-refractivity contribution is 7.89. The molecule has 0 saturated carbocycles. The number of sulfonamides is 1. The van der Waals surface area contributed by atoms with Crippen LogP contribution in [0.15, 0.2) is 12.1 Å². The first kappa shape index (κ1) is 18.9. The summed E-state index contributed by atoms with van der Waals surface area (Å²) in [4.78, 5) is 14.6. The van der Waals surface area contributed by atoms with Gasteiger partial charge in [0.2, 0.25) is 10.0 Å². The van der Waals surface area contributed by atoms with Crippen LogP contribution in [0.4, 0.5) is 0 Å². The van der Waals surface area contributed by atoms with Gasteiger partial charge in [0.25, 0.3) is 5.91 Å². The van der Waals surface area contributed by atoms with Gasteiger partial charge in [0, 0.05) is 31.7 Å². The second kappa shape index (κ2) is 7.66. The standard InChI is InChI=1S/C18H28N2O3S/c1-5-6-11-24(22,23)20-9-7-19(8-10-20)18(21)17-15(3)12-14(2)13-16(17)4/h12-13H,5-11H2,1-4H3. The molecule has 0 atom stereocenters. The minimum absolute atomic E-state index is 0.00982. The summed E-state index contributed by atoms with van der Waals surface area (Å²) in [5.41, 5.74) is 3.86. The Kier molecular flexibility index (Phi) is 6.04. The van der Waals surface area contributed by atoms with E-state index in [4.69, 9.17) is 0 Å². The third kappa shape index (κ3) is 4.16. The molecule has 6 heteroatoms. The maximum atomic E-state index is 12.8. The molecule has 1 amide bonds. The van der Waals surface area contributed by atoms with Crippen LogP contribution >= 0.6 is 0 Å². The molecule has 1 fully saturated rings. The molecule has 0 aromatic heterocycles. The van der Waals surface area contributed by atoms with Gasteiger partial charge >= 0.3 is 0 Å². The van der Waals surface area contributed by atoms with Crippen LogP contribution in [0.25, 0.3) is 0 Å². The summed E-state index contributed by atoms with van der Waals surface area (Å²) < 4.78 is 26.0. The Morgan fingerprint density at radius 3 is 2.08 bits per heavy atom. The highest BCUT2D eigenvalue weighted by Crippen LogP contribution is 2.20. The van der Waals surface area contributed by atoms with E-state index in [9.17, 15) is 13.2 Å². The minimum atomic E-state index is -3.19. The Hall–Kier alpha value is -1.40. The fraction of sp³-hybridized carbons (Fsp3) is 0.611. The Bertz CT molecular complexity index is 682. The summed E-state index contributed by atoms with van der Waals surface area (Å²) in [5.74, 6) is 0.212. The third-order valence-corrected chi connectivity index (χ3v) is 6.52. The van der Waals surface area contributed by atoms with Gasteiger partial charge < -0.3 is 4.90 Å². The lowest BCUT2D eigenvalue weighted by Crippen LogP contribution is -2.51. The Balaban J connectivity index is 2.06. The molecule has 0 N–H and O–H groups in total. The lowest BCUT2D eigenvalue weighted by atomic mass is 9.98. The second-order valence-corrected chi connectivity index (χ2v) is 8.72. The van der Waals surface area contributed by atoms with Crippen LogP contribution in [-0.2, 0) is 10.0 Å². The van der Waals surface area contributed by atoms with Crippen molar-refractivity contribution in [3.8, 4) is 0 Å². The molecule has 0 unspecified atom stereocenters. The number of hydrogen-bond acceptors (Lipinski definition) is 3. The van der Waals surface area contributed by atoms with Crippen molar-refractivity contribution in [1.29, 1.82) is 0 Å². The van der Waals surface area contributed by atoms with Crippen LogP contribution in [-0.4, -0.2) is 55.5 Å². The monoisotopic (exact) mass is 352 g/mol. The topological polar surface area (TPSA) is 57.7 Å². The van der Waals surface area contributed by atoms with Gasteiger partial charge in [0.15, 0.2) is 0 Å². The van der Waals surface area contributed by atoms with E-state index in [1.807, 2.05) is 39.8 Å². The highest BCUT2D eigenvalue weighted by atomic mass is 32.2. The predicted octanol–water partition coefficient (Wildman–Crippen LogP) is 2.50. The Morgan fingerprint density at radius 2 is 1.58 bits per heavy atom. The summed E-state index contributed by atoms with van der Waals surface area (Å²) in [5, 5.41) is 0. The zero-order chi connectivity index (χ0) is 17.9. The van der Waals surface area contributed by atoms with Crippen LogP contribution in [0.2, 0.25) is 0 Å². The van der Waals surface area contributed by atoms with E-state index in [-0.39, 0.29) is 11.7 Å². The number of unbranched alkanes of at least 4 members (excludes halogenated alkanes) is 1. The molecule has 1 heterocycles. The number of piperazine rings is 1. The number of benzene rings is 1. The molecule has 24 heavy (non-hydrogen) atoms. The molecular weight excluding hydrogens is 324 g/mol. The largest absolute Gasteiger partial charge is 0.336 e. The average molecular weight is 353 g/mol. The van der Waals surface area contributed by atoms with Crippen molar-refractivity contribution < 1.29 is 13.2 Å². The maximum Gasteiger partial charge on any atom is 0.254 e. The van der Waals surface area contributed by atoms with Gasteiger partial charge in [0.1, 0.15) is 0 Å². The fourth-order valence-corrected chi connectivity index (χ4v) is 4.93.